The van der Waals surface area contributed by atoms with Crippen molar-refractivity contribution in [3.63, 3.8) is 0 Å². The van der Waals surface area contributed by atoms with Gasteiger partial charge in [-0.15, -0.1) is 11.3 Å². The maximum atomic E-state index is 13.0. The first-order chi connectivity index (χ1) is 12.6. The predicted octanol–water partition coefficient (Wildman–Crippen LogP) is 3.66. The highest BCUT2D eigenvalue weighted by Gasteiger charge is 2.38. The Balaban J connectivity index is 1.44. The third-order valence-electron chi connectivity index (χ3n) is 5.13. The van der Waals surface area contributed by atoms with E-state index in [1.165, 1.54) is 0 Å². The fraction of sp³-hybridized carbons (Fsp3) is 0.421. The van der Waals surface area contributed by atoms with Gasteiger partial charge < -0.3 is 9.80 Å². The lowest BCUT2D eigenvalue weighted by Gasteiger charge is -2.33. The summed E-state index contributed by atoms with van der Waals surface area (Å²) < 4.78 is 0.930. The second-order valence-electron chi connectivity index (χ2n) is 6.88. The van der Waals surface area contributed by atoms with Crippen LogP contribution in [-0.2, 0) is 9.59 Å². The van der Waals surface area contributed by atoms with Gasteiger partial charge in [-0.1, -0.05) is 22.0 Å². The fourth-order valence-corrected chi connectivity index (χ4v) is 4.99. The molecule has 0 saturated carbocycles. The van der Waals surface area contributed by atoms with Crippen molar-refractivity contribution in [2.75, 3.05) is 24.5 Å². The molecular weight excluding hydrogens is 414 g/mol. The van der Waals surface area contributed by atoms with Gasteiger partial charge in [0.1, 0.15) is 0 Å². The average Bonchev–Trinajstić information content (AvgIpc) is 3.31. The summed E-state index contributed by atoms with van der Waals surface area (Å²) in [5.74, 6) is 0.203. The minimum atomic E-state index is -0.253. The molecule has 2 amide bonds. The van der Waals surface area contributed by atoms with Crippen molar-refractivity contribution in [1.29, 1.82) is 0 Å². The van der Waals surface area contributed by atoms with Crippen LogP contribution in [0.25, 0.3) is 0 Å². The number of anilines is 1. The summed E-state index contributed by atoms with van der Waals surface area (Å²) in [6, 6.07) is 7.67. The predicted molar refractivity (Wildman–Crippen MR) is 105 cm³/mol. The Morgan fingerprint density at radius 1 is 1.31 bits per heavy atom. The summed E-state index contributed by atoms with van der Waals surface area (Å²) in [5.41, 5.74) is 0.846. The Hall–Kier alpha value is -1.73. The molecule has 2 fully saturated rings. The molecule has 0 bridgehead atoms. The fourth-order valence-electron chi connectivity index (χ4n) is 3.84. The zero-order chi connectivity index (χ0) is 18.1. The van der Waals surface area contributed by atoms with Crippen LogP contribution in [0.3, 0.4) is 0 Å². The number of carbonyl (C=O) groups excluding carboxylic acids is 2. The van der Waals surface area contributed by atoms with E-state index in [-0.39, 0.29) is 17.7 Å². The Morgan fingerprint density at radius 2 is 2.19 bits per heavy atom. The van der Waals surface area contributed by atoms with Crippen molar-refractivity contribution in [3.8, 4) is 0 Å². The number of carbonyl (C=O) groups is 2. The topological polar surface area (TPSA) is 53.5 Å². The van der Waals surface area contributed by atoms with Gasteiger partial charge in [-0.3, -0.25) is 9.59 Å². The Bertz CT molecular complexity index is 811. The Kier molecular flexibility index (Phi) is 5.09. The first-order valence-electron chi connectivity index (χ1n) is 8.86. The molecule has 2 aliphatic heterocycles. The number of halogens is 1. The summed E-state index contributed by atoms with van der Waals surface area (Å²) in [5, 5.41) is 3.10. The lowest BCUT2D eigenvalue weighted by molar-refractivity contribution is -0.137. The highest BCUT2D eigenvalue weighted by atomic mass is 79.9. The second kappa shape index (κ2) is 7.48. The number of benzene rings is 1. The Labute approximate surface area is 165 Å². The zero-order valence-corrected chi connectivity index (χ0v) is 16.7. The third-order valence-corrected chi connectivity index (χ3v) is 6.56. The molecule has 0 aliphatic carbocycles. The molecule has 1 aromatic heterocycles. The van der Waals surface area contributed by atoms with Crippen molar-refractivity contribution >= 4 is 44.8 Å². The summed E-state index contributed by atoms with van der Waals surface area (Å²) in [6.45, 7) is 1.96. The molecular formula is C19H20BrN3O2S. The second-order valence-corrected chi connectivity index (χ2v) is 8.72. The molecule has 0 spiro atoms. The molecule has 4 rings (SSSR count). The quantitative estimate of drug-likeness (QED) is 0.741. The van der Waals surface area contributed by atoms with Gasteiger partial charge in [0.25, 0.3) is 0 Å². The Morgan fingerprint density at radius 3 is 2.96 bits per heavy atom. The van der Waals surface area contributed by atoms with Gasteiger partial charge in [0, 0.05) is 53.7 Å². The van der Waals surface area contributed by atoms with E-state index >= 15 is 0 Å². The average molecular weight is 434 g/mol. The summed E-state index contributed by atoms with van der Waals surface area (Å²) in [6.07, 6.45) is 4.19. The number of hydrogen-bond acceptors (Lipinski definition) is 4. The van der Waals surface area contributed by atoms with Crippen molar-refractivity contribution < 1.29 is 9.59 Å². The molecule has 26 heavy (non-hydrogen) atoms. The van der Waals surface area contributed by atoms with Crippen LogP contribution in [0.1, 0.15) is 30.2 Å². The maximum absolute atomic E-state index is 13.0. The molecule has 0 radical (unpaired) electrons. The van der Waals surface area contributed by atoms with Gasteiger partial charge in [0.05, 0.1) is 10.9 Å². The molecule has 2 saturated heterocycles. The number of aromatic nitrogens is 1. The van der Waals surface area contributed by atoms with Gasteiger partial charge in [0.15, 0.2) is 0 Å². The lowest BCUT2D eigenvalue weighted by Crippen LogP contribution is -2.43. The largest absolute Gasteiger partial charge is 0.342 e. The van der Waals surface area contributed by atoms with Crippen LogP contribution < -0.4 is 4.90 Å². The monoisotopic (exact) mass is 433 g/mol. The van der Waals surface area contributed by atoms with Crippen LogP contribution >= 0.6 is 27.3 Å². The molecule has 2 aromatic rings. The van der Waals surface area contributed by atoms with Gasteiger partial charge in [-0.05, 0) is 31.0 Å². The highest BCUT2D eigenvalue weighted by Crippen LogP contribution is 2.32. The van der Waals surface area contributed by atoms with Crippen LogP contribution in [0.2, 0.25) is 0 Å². The molecule has 2 atom stereocenters. The first kappa shape index (κ1) is 17.7. The van der Waals surface area contributed by atoms with Gasteiger partial charge >= 0.3 is 0 Å². The minimum absolute atomic E-state index is 0.0231. The van der Waals surface area contributed by atoms with E-state index in [4.69, 9.17) is 0 Å². The zero-order valence-electron chi connectivity index (χ0n) is 14.3. The van der Waals surface area contributed by atoms with Crippen LogP contribution in [0.5, 0.6) is 0 Å². The molecule has 7 heteroatoms. The van der Waals surface area contributed by atoms with E-state index in [0.717, 1.165) is 34.6 Å². The summed E-state index contributed by atoms with van der Waals surface area (Å²) in [7, 11) is 0. The van der Waals surface area contributed by atoms with Gasteiger partial charge in [-0.2, -0.15) is 0 Å². The number of piperidine rings is 1. The van der Waals surface area contributed by atoms with Crippen molar-refractivity contribution in [3.05, 3.63) is 45.3 Å². The number of likely N-dealkylation sites (tertiary alicyclic amines) is 1. The van der Waals surface area contributed by atoms with Crippen LogP contribution in [0, 0.1) is 5.92 Å². The van der Waals surface area contributed by atoms with Crippen molar-refractivity contribution in [2.45, 2.75) is 25.2 Å². The molecule has 136 valence electrons. The van der Waals surface area contributed by atoms with E-state index in [0.29, 0.717) is 25.4 Å². The normalized spacial score (nSPS) is 23.5. The minimum Gasteiger partial charge on any atom is -0.342 e. The first-order valence-corrected chi connectivity index (χ1v) is 10.5. The molecule has 5 nitrogen and oxygen atoms in total. The van der Waals surface area contributed by atoms with Crippen molar-refractivity contribution in [1.82, 2.24) is 9.88 Å². The number of rotatable bonds is 3. The SMILES string of the molecule is O=C(C1CC(=O)N(c2cccc(Br)c2)C1)N1CCCC(c2nccs2)C1. The molecule has 2 unspecified atom stereocenters. The number of thiazole rings is 1. The van der Waals surface area contributed by atoms with E-state index in [1.54, 1.807) is 16.2 Å². The van der Waals surface area contributed by atoms with E-state index < -0.39 is 0 Å². The van der Waals surface area contributed by atoms with Crippen LogP contribution in [0.4, 0.5) is 5.69 Å². The van der Waals surface area contributed by atoms with E-state index in [1.807, 2.05) is 40.7 Å². The standard InChI is InChI=1S/C19H20BrN3O2S/c20-15-4-1-5-16(10-15)23-12-14(9-17(23)24)19(25)22-7-2-3-13(11-22)18-21-6-8-26-18/h1,4-6,8,10,13-14H,2-3,7,9,11-12H2. The lowest BCUT2D eigenvalue weighted by atomic mass is 9.96. The van der Waals surface area contributed by atoms with Gasteiger partial charge in [-0.25, -0.2) is 4.98 Å². The number of amides is 2. The van der Waals surface area contributed by atoms with Crippen LogP contribution in [0.15, 0.2) is 40.3 Å². The molecule has 0 N–H and O–H groups in total. The third kappa shape index (κ3) is 3.55. The highest BCUT2D eigenvalue weighted by molar-refractivity contribution is 9.10. The maximum Gasteiger partial charge on any atom is 0.228 e. The smallest absolute Gasteiger partial charge is 0.228 e. The van der Waals surface area contributed by atoms with E-state index in [2.05, 4.69) is 20.9 Å². The molecule has 3 heterocycles. The van der Waals surface area contributed by atoms with Crippen molar-refractivity contribution in [2.24, 2.45) is 5.92 Å². The molecule has 1 aromatic carbocycles. The number of nitrogens with zero attached hydrogens (tertiary/aromatic N) is 3. The van der Waals surface area contributed by atoms with E-state index in [9.17, 15) is 9.59 Å². The molecule has 2 aliphatic rings. The number of hydrogen-bond donors (Lipinski definition) is 0. The summed E-state index contributed by atoms with van der Waals surface area (Å²) in [4.78, 5) is 33.6. The van der Waals surface area contributed by atoms with Crippen LogP contribution in [-0.4, -0.2) is 41.3 Å². The van der Waals surface area contributed by atoms with Gasteiger partial charge in [0.2, 0.25) is 11.8 Å². The summed E-state index contributed by atoms with van der Waals surface area (Å²) >= 11 is 5.10.